The Balaban J connectivity index is 0.00000242. The van der Waals surface area contributed by atoms with Gasteiger partial charge in [-0.05, 0) is 35.1 Å². The normalized spacial score (nSPS) is 11.2. The summed E-state index contributed by atoms with van der Waals surface area (Å²) in [5.41, 5.74) is 4.26. The second kappa shape index (κ2) is 8.24. The molecule has 2 nitrogen and oxygen atoms in total. The van der Waals surface area contributed by atoms with Crippen LogP contribution < -0.4 is 0 Å². The molecule has 0 heterocycles. The van der Waals surface area contributed by atoms with Crippen LogP contribution in [0.2, 0.25) is 0 Å². The number of hydrogen-bond acceptors (Lipinski definition) is 2. The number of aliphatic imine (C=N–C) groups is 1. The molecule has 0 aromatic heterocycles. The zero-order valence-electron chi connectivity index (χ0n) is 13.5. The zero-order chi connectivity index (χ0) is 15.4. The van der Waals surface area contributed by atoms with Gasteiger partial charge in [-0.3, -0.25) is 4.99 Å². The van der Waals surface area contributed by atoms with E-state index in [1.807, 2.05) is 18.2 Å². The van der Waals surface area contributed by atoms with Gasteiger partial charge in [-0.15, -0.1) is 0 Å². The standard InChI is InChI=1S/C19H23NO.Ru/c1-13(2)16-9-7-10-17(14(3)4)19(16)20-12-15-8-5-6-11-18(15)21;/h5-14,21H,1-4H3;. The Morgan fingerprint density at radius 1 is 0.864 bits per heavy atom. The SMILES string of the molecule is CC(C)c1cccc(C(C)C)c1N=Cc1ccccc1O.[Ru]. The number of rotatable bonds is 4. The van der Waals surface area contributed by atoms with Crippen molar-refractivity contribution in [3.63, 3.8) is 0 Å². The van der Waals surface area contributed by atoms with E-state index in [1.54, 1.807) is 12.3 Å². The molecule has 118 valence electrons. The van der Waals surface area contributed by atoms with Gasteiger partial charge in [0.1, 0.15) is 5.75 Å². The Bertz CT molecular complexity index is 621. The molecule has 0 fully saturated rings. The summed E-state index contributed by atoms with van der Waals surface area (Å²) in [6.07, 6.45) is 1.75. The van der Waals surface area contributed by atoms with Gasteiger partial charge in [0.05, 0.1) is 5.69 Å². The van der Waals surface area contributed by atoms with Gasteiger partial charge in [0.25, 0.3) is 0 Å². The van der Waals surface area contributed by atoms with Crippen LogP contribution in [0.4, 0.5) is 5.69 Å². The molecule has 0 unspecified atom stereocenters. The Morgan fingerprint density at radius 3 is 1.91 bits per heavy atom. The van der Waals surface area contributed by atoms with Crippen molar-refractivity contribution in [2.75, 3.05) is 0 Å². The van der Waals surface area contributed by atoms with Gasteiger partial charge in [-0.1, -0.05) is 58.0 Å². The molecule has 1 N–H and O–H groups in total. The molecule has 0 atom stereocenters. The first kappa shape index (κ1) is 18.6. The van der Waals surface area contributed by atoms with E-state index in [1.165, 1.54) is 11.1 Å². The van der Waals surface area contributed by atoms with Crippen molar-refractivity contribution in [1.82, 2.24) is 0 Å². The summed E-state index contributed by atoms with van der Waals surface area (Å²) in [5, 5.41) is 9.85. The first-order valence-electron chi connectivity index (χ1n) is 7.45. The molecule has 2 aromatic rings. The van der Waals surface area contributed by atoms with Crippen molar-refractivity contribution in [3.05, 3.63) is 59.2 Å². The van der Waals surface area contributed by atoms with Crippen molar-refractivity contribution in [2.24, 2.45) is 4.99 Å². The summed E-state index contributed by atoms with van der Waals surface area (Å²) < 4.78 is 0. The molecular weight excluding hydrogens is 359 g/mol. The number of phenols is 1. The van der Waals surface area contributed by atoms with Gasteiger partial charge in [0.2, 0.25) is 0 Å². The molecule has 0 aliphatic heterocycles. The van der Waals surface area contributed by atoms with Crippen LogP contribution >= 0.6 is 0 Å². The van der Waals surface area contributed by atoms with Crippen LogP contribution in [0.5, 0.6) is 5.75 Å². The molecule has 3 heteroatoms. The molecule has 0 saturated heterocycles. The van der Waals surface area contributed by atoms with Crippen LogP contribution in [0.15, 0.2) is 47.5 Å². The fourth-order valence-electron chi connectivity index (χ4n) is 2.39. The first-order chi connectivity index (χ1) is 10.0. The minimum atomic E-state index is 0. The van der Waals surface area contributed by atoms with Crippen molar-refractivity contribution >= 4 is 11.9 Å². The van der Waals surface area contributed by atoms with Gasteiger partial charge in [-0.2, -0.15) is 0 Å². The monoisotopic (exact) mass is 383 g/mol. The van der Waals surface area contributed by atoms with E-state index in [9.17, 15) is 5.11 Å². The van der Waals surface area contributed by atoms with E-state index < -0.39 is 0 Å². The Kier molecular flexibility index (Phi) is 6.96. The number of phenolic OH excluding ortho intramolecular Hbond substituents is 1. The number of benzene rings is 2. The summed E-state index contributed by atoms with van der Waals surface area (Å²) in [7, 11) is 0. The molecule has 22 heavy (non-hydrogen) atoms. The van der Waals surface area contributed by atoms with E-state index in [0.717, 1.165) is 11.3 Å². The van der Waals surface area contributed by atoms with Crippen LogP contribution in [-0.2, 0) is 19.5 Å². The average Bonchev–Trinajstić information content (AvgIpc) is 2.45. The second-order valence-corrected chi connectivity index (χ2v) is 5.91. The molecular formula is C19H23NORu. The third kappa shape index (κ3) is 4.27. The summed E-state index contributed by atoms with van der Waals surface area (Å²) in [4.78, 5) is 4.69. The number of aromatic hydroxyl groups is 1. The average molecular weight is 382 g/mol. The van der Waals surface area contributed by atoms with Crippen molar-refractivity contribution in [2.45, 2.75) is 39.5 Å². The smallest absolute Gasteiger partial charge is 0.124 e. The molecule has 2 rings (SSSR count). The molecule has 0 saturated carbocycles. The van der Waals surface area contributed by atoms with Gasteiger partial charge in [0.15, 0.2) is 0 Å². The Morgan fingerprint density at radius 2 is 1.41 bits per heavy atom. The Labute approximate surface area is 146 Å². The third-order valence-electron chi connectivity index (χ3n) is 3.61. The Hall–Kier alpha value is -1.47. The molecule has 0 spiro atoms. The van der Waals surface area contributed by atoms with Crippen LogP contribution in [0, 0.1) is 0 Å². The molecule has 0 aliphatic rings. The minimum Gasteiger partial charge on any atom is -0.507 e. The molecule has 0 amide bonds. The largest absolute Gasteiger partial charge is 0.507 e. The van der Waals surface area contributed by atoms with E-state index in [0.29, 0.717) is 11.8 Å². The molecule has 0 bridgehead atoms. The molecule has 2 aromatic carbocycles. The fourth-order valence-corrected chi connectivity index (χ4v) is 2.39. The maximum atomic E-state index is 9.85. The van der Waals surface area contributed by atoms with Crippen LogP contribution in [-0.4, -0.2) is 11.3 Å². The van der Waals surface area contributed by atoms with Crippen LogP contribution in [0.25, 0.3) is 0 Å². The summed E-state index contributed by atoms with van der Waals surface area (Å²) in [5.74, 6) is 1.09. The first-order valence-corrected chi connectivity index (χ1v) is 7.45. The van der Waals surface area contributed by atoms with Crippen LogP contribution in [0.3, 0.4) is 0 Å². The van der Waals surface area contributed by atoms with Gasteiger partial charge in [0, 0.05) is 31.3 Å². The zero-order valence-corrected chi connectivity index (χ0v) is 15.3. The predicted molar refractivity (Wildman–Crippen MR) is 90.0 cm³/mol. The third-order valence-corrected chi connectivity index (χ3v) is 3.61. The number of nitrogens with zero attached hydrogens (tertiary/aromatic N) is 1. The maximum Gasteiger partial charge on any atom is 0.124 e. The predicted octanol–water partition coefficient (Wildman–Crippen LogP) is 5.39. The van der Waals surface area contributed by atoms with Crippen LogP contribution in [0.1, 0.15) is 56.2 Å². The number of hydrogen-bond donors (Lipinski definition) is 1. The van der Waals surface area contributed by atoms with Gasteiger partial charge < -0.3 is 5.11 Å². The van der Waals surface area contributed by atoms with Gasteiger partial charge >= 0.3 is 0 Å². The molecule has 0 radical (unpaired) electrons. The summed E-state index contributed by atoms with van der Waals surface area (Å²) in [6, 6.07) is 13.6. The van der Waals surface area contributed by atoms with E-state index in [-0.39, 0.29) is 25.2 Å². The summed E-state index contributed by atoms with van der Waals surface area (Å²) in [6.45, 7) is 8.72. The quantitative estimate of drug-likeness (QED) is 0.558. The fraction of sp³-hybridized carbons (Fsp3) is 0.316. The van der Waals surface area contributed by atoms with E-state index in [2.05, 4.69) is 45.9 Å². The maximum absolute atomic E-state index is 9.85. The topological polar surface area (TPSA) is 32.6 Å². The number of para-hydroxylation sites is 2. The second-order valence-electron chi connectivity index (χ2n) is 5.91. The van der Waals surface area contributed by atoms with Gasteiger partial charge in [-0.25, -0.2) is 0 Å². The minimum absolute atomic E-state index is 0. The van der Waals surface area contributed by atoms with E-state index >= 15 is 0 Å². The summed E-state index contributed by atoms with van der Waals surface area (Å²) >= 11 is 0. The molecule has 0 aliphatic carbocycles. The van der Waals surface area contributed by atoms with Crippen molar-refractivity contribution < 1.29 is 24.6 Å². The van der Waals surface area contributed by atoms with Crippen molar-refractivity contribution in [1.29, 1.82) is 0 Å². The van der Waals surface area contributed by atoms with Crippen molar-refractivity contribution in [3.8, 4) is 5.75 Å². The van der Waals surface area contributed by atoms with E-state index in [4.69, 9.17) is 4.99 Å².